The second-order valence-corrected chi connectivity index (χ2v) is 6.73. The number of aromatic nitrogens is 1. The molecule has 1 aromatic heterocycles. The smallest absolute Gasteiger partial charge is 0.304 e. The molecule has 0 spiro atoms. The Hall–Kier alpha value is -2.96. The van der Waals surface area contributed by atoms with Crippen molar-refractivity contribution < 1.29 is 19.0 Å². The molecule has 0 saturated carbocycles. The fraction of sp³-hybridized carbons (Fsp3) is 0.143. The van der Waals surface area contributed by atoms with E-state index in [4.69, 9.17) is 27.2 Å². The van der Waals surface area contributed by atoms with E-state index in [9.17, 15) is 9.18 Å². The highest BCUT2D eigenvalue weighted by atomic mass is 35.5. The van der Waals surface area contributed by atoms with Gasteiger partial charge < -0.3 is 15.6 Å². The molecule has 0 unspecified atom stereocenters. The monoisotopic (exact) mass is 400 g/mol. The number of pyridine rings is 1. The standard InChI is InChI=1S/C21H18ClFN2O3/c22-16-10-18(23)21(25-12-16)28-19-7-6-14(13-4-2-1-3-5-13)8-15(19)9-17(24)11-20(26)27/h1-8,10,12,17H,9,11,24H2,(H,26,27)/t17-/m0/s1. The highest BCUT2D eigenvalue weighted by Gasteiger charge is 2.16. The summed E-state index contributed by atoms with van der Waals surface area (Å²) in [5.74, 6) is -1.54. The minimum atomic E-state index is -0.986. The van der Waals surface area contributed by atoms with Crippen LogP contribution in [0.4, 0.5) is 4.39 Å². The van der Waals surface area contributed by atoms with E-state index in [0.717, 1.165) is 17.2 Å². The fourth-order valence-corrected chi connectivity index (χ4v) is 2.95. The van der Waals surface area contributed by atoms with Crippen LogP contribution in [0.3, 0.4) is 0 Å². The van der Waals surface area contributed by atoms with Crippen molar-refractivity contribution in [2.45, 2.75) is 18.9 Å². The predicted octanol–water partition coefficient (Wildman–Crippen LogP) is 4.68. The molecule has 28 heavy (non-hydrogen) atoms. The van der Waals surface area contributed by atoms with Crippen LogP contribution < -0.4 is 10.5 Å². The van der Waals surface area contributed by atoms with Crippen LogP contribution in [0.15, 0.2) is 60.8 Å². The molecule has 2 aromatic carbocycles. The third-order valence-corrected chi connectivity index (χ3v) is 4.27. The molecule has 1 heterocycles. The van der Waals surface area contributed by atoms with E-state index in [2.05, 4.69) is 4.98 Å². The number of nitrogens with two attached hydrogens (primary N) is 1. The van der Waals surface area contributed by atoms with Gasteiger partial charge in [-0.05, 0) is 41.3 Å². The molecule has 0 amide bonds. The van der Waals surface area contributed by atoms with Crippen molar-refractivity contribution in [3.8, 4) is 22.8 Å². The SMILES string of the molecule is N[C@H](CC(=O)O)Cc1cc(-c2ccccc2)ccc1Oc1ncc(Cl)cc1F. The van der Waals surface area contributed by atoms with E-state index in [0.29, 0.717) is 11.3 Å². The zero-order valence-corrected chi connectivity index (χ0v) is 15.6. The topological polar surface area (TPSA) is 85.4 Å². The van der Waals surface area contributed by atoms with Crippen LogP contribution in [-0.4, -0.2) is 22.1 Å². The van der Waals surface area contributed by atoms with Crippen LogP contribution in [0.2, 0.25) is 5.02 Å². The molecule has 5 nitrogen and oxygen atoms in total. The number of nitrogens with zero attached hydrogens (tertiary/aromatic N) is 1. The van der Waals surface area contributed by atoms with Gasteiger partial charge in [0.05, 0.1) is 11.4 Å². The first-order chi connectivity index (χ1) is 13.4. The van der Waals surface area contributed by atoms with E-state index in [1.807, 2.05) is 42.5 Å². The lowest BCUT2D eigenvalue weighted by molar-refractivity contribution is -0.137. The molecule has 0 fully saturated rings. The zero-order valence-electron chi connectivity index (χ0n) is 14.8. The molecule has 0 saturated heterocycles. The largest absolute Gasteiger partial charge is 0.481 e. The zero-order chi connectivity index (χ0) is 20.1. The number of ether oxygens (including phenoxy) is 1. The van der Waals surface area contributed by atoms with Crippen LogP contribution in [0.25, 0.3) is 11.1 Å². The van der Waals surface area contributed by atoms with Crippen molar-refractivity contribution in [3.05, 3.63) is 77.2 Å². The van der Waals surface area contributed by atoms with E-state index in [1.54, 1.807) is 6.07 Å². The highest BCUT2D eigenvalue weighted by molar-refractivity contribution is 6.30. The number of hydrogen-bond acceptors (Lipinski definition) is 4. The summed E-state index contributed by atoms with van der Waals surface area (Å²) in [6.07, 6.45) is 1.34. The number of aliphatic carboxylic acids is 1. The lowest BCUT2D eigenvalue weighted by Gasteiger charge is -2.16. The molecular weight excluding hydrogens is 383 g/mol. The van der Waals surface area contributed by atoms with E-state index in [1.165, 1.54) is 6.20 Å². The summed E-state index contributed by atoms with van der Waals surface area (Å²) in [5.41, 5.74) is 8.52. The van der Waals surface area contributed by atoms with Gasteiger partial charge in [0, 0.05) is 12.2 Å². The molecule has 0 aliphatic carbocycles. The first-order valence-corrected chi connectivity index (χ1v) is 8.95. The third kappa shape index (κ3) is 5.06. The molecule has 0 aliphatic heterocycles. The maximum atomic E-state index is 14.1. The van der Waals surface area contributed by atoms with Crippen molar-refractivity contribution in [2.24, 2.45) is 5.73 Å². The second-order valence-electron chi connectivity index (χ2n) is 6.29. The number of benzene rings is 2. The Kier molecular flexibility index (Phi) is 6.23. The van der Waals surface area contributed by atoms with Gasteiger partial charge in [0.25, 0.3) is 5.88 Å². The van der Waals surface area contributed by atoms with Crippen LogP contribution in [-0.2, 0) is 11.2 Å². The number of carboxylic acid groups (broad SMARTS) is 1. The number of carboxylic acids is 1. The molecule has 0 aliphatic rings. The van der Waals surface area contributed by atoms with Gasteiger partial charge in [-0.3, -0.25) is 4.79 Å². The summed E-state index contributed by atoms with van der Waals surface area (Å²) in [4.78, 5) is 14.8. The second kappa shape index (κ2) is 8.82. The molecule has 1 atom stereocenters. The summed E-state index contributed by atoms with van der Waals surface area (Å²) >= 11 is 5.73. The Balaban J connectivity index is 1.96. The van der Waals surface area contributed by atoms with Crippen molar-refractivity contribution in [2.75, 3.05) is 0 Å². The van der Waals surface area contributed by atoms with Gasteiger partial charge in [-0.25, -0.2) is 9.37 Å². The normalized spacial score (nSPS) is 11.8. The van der Waals surface area contributed by atoms with Crippen LogP contribution in [0.1, 0.15) is 12.0 Å². The molecule has 7 heteroatoms. The van der Waals surface area contributed by atoms with E-state index < -0.39 is 17.8 Å². The molecule has 0 radical (unpaired) electrons. The number of rotatable bonds is 7. The Morgan fingerprint density at radius 1 is 1.18 bits per heavy atom. The Bertz CT molecular complexity index is 983. The maximum absolute atomic E-state index is 14.1. The molecule has 0 bridgehead atoms. The Morgan fingerprint density at radius 2 is 1.93 bits per heavy atom. The van der Waals surface area contributed by atoms with Gasteiger partial charge >= 0.3 is 5.97 Å². The van der Waals surface area contributed by atoms with Crippen molar-refractivity contribution in [3.63, 3.8) is 0 Å². The quantitative estimate of drug-likeness (QED) is 0.601. The molecule has 3 rings (SSSR count). The minimum absolute atomic E-state index is 0.160. The summed E-state index contributed by atoms with van der Waals surface area (Å²) < 4.78 is 19.7. The van der Waals surface area contributed by atoms with Crippen molar-refractivity contribution >= 4 is 17.6 Å². The average Bonchev–Trinajstić information content (AvgIpc) is 2.65. The first-order valence-electron chi connectivity index (χ1n) is 8.57. The fourth-order valence-electron chi connectivity index (χ4n) is 2.81. The van der Waals surface area contributed by atoms with Gasteiger partial charge in [0.15, 0.2) is 5.82 Å². The summed E-state index contributed by atoms with van der Waals surface area (Å²) in [6, 6.07) is 15.6. The van der Waals surface area contributed by atoms with E-state index >= 15 is 0 Å². The van der Waals surface area contributed by atoms with Gasteiger partial charge in [0.1, 0.15) is 5.75 Å². The van der Waals surface area contributed by atoms with E-state index in [-0.39, 0.29) is 23.7 Å². The van der Waals surface area contributed by atoms with Crippen molar-refractivity contribution in [1.29, 1.82) is 0 Å². The predicted molar refractivity (Wildman–Crippen MR) is 105 cm³/mol. The summed E-state index contributed by atoms with van der Waals surface area (Å²) in [5, 5.41) is 9.14. The molecule has 144 valence electrons. The third-order valence-electron chi connectivity index (χ3n) is 4.07. The average molecular weight is 401 g/mol. The molecular formula is C21H18ClFN2O3. The lowest BCUT2D eigenvalue weighted by Crippen LogP contribution is -2.26. The lowest BCUT2D eigenvalue weighted by atomic mass is 9.97. The Labute approximate surface area is 166 Å². The number of carbonyl (C=O) groups is 1. The maximum Gasteiger partial charge on any atom is 0.304 e. The van der Waals surface area contributed by atoms with Crippen molar-refractivity contribution in [1.82, 2.24) is 4.98 Å². The van der Waals surface area contributed by atoms with Gasteiger partial charge in [-0.1, -0.05) is 48.0 Å². The first kappa shape index (κ1) is 19.8. The van der Waals surface area contributed by atoms with Gasteiger partial charge in [-0.15, -0.1) is 0 Å². The van der Waals surface area contributed by atoms with Gasteiger partial charge in [-0.2, -0.15) is 0 Å². The molecule has 3 aromatic rings. The number of halogens is 2. The van der Waals surface area contributed by atoms with Crippen LogP contribution in [0.5, 0.6) is 11.6 Å². The number of hydrogen-bond donors (Lipinski definition) is 2. The van der Waals surface area contributed by atoms with Crippen LogP contribution in [0, 0.1) is 5.82 Å². The Morgan fingerprint density at radius 3 is 2.61 bits per heavy atom. The minimum Gasteiger partial charge on any atom is -0.481 e. The van der Waals surface area contributed by atoms with Crippen LogP contribution >= 0.6 is 11.6 Å². The summed E-state index contributed by atoms with van der Waals surface area (Å²) in [7, 11) is 0. The highest BCUT2D eigenvalue weighted by Crippen LogP contribution is 2.32. The molecule has 3 N–H and O–H groups in total. The summed E-state index contributed by atoms with van der Waals surface area (Å²) in [6.45, 7) is 0. The van der Waals surface area contributed by atoms with Gasteiger partial charge in [0.2, 0.25) is 0 Å².